The number of nitrogens with one attached hydrogen (secondary N) is 1. The summed E-state index contributed by atoms with van der Waals surface area (Å²) < 4.78 is 37.7. The Morgan fingerprint density at radius 1 is 1.17 bits per heavy atom. The molecule has 2 N–H and O–H groups in total. The van der Waals surface area contributed by atoms with Crippen LogP contribution in [-0.2, 0) is 15.6 Å². The second-order valence-electron chi connectivity index (χ2n) is 5.98. The molecule has 3 rings (SSSR count). The summed E-state index contributed by atoms with van der Waals surface area (Å²) in [6.07, 6.45) is 0. The van der Waals surface area contributed by atoms with E-state index in [4.69, 9.17) is 9.47 Å². The topological polar surface area (TPSA) is 84.9 Å². The molecule has 6 nitrogen and oxygen atoms in total. The van der Waals surface area contributed by atoms with E-state index in [2.05, 4.69) is 4.72 Å². The number of fused-ring (bicyclic) bond motifs is 1. The second kappa shape index (κ2) is 6.08. The molecule has 7 heteroatoms. The highest BCUT2D eigenvalue weighted by atomic mass is 32.2. The molecule has 128 valence electrons. The number of ether oxygens (including phenoxy) is 2. The number of rotatable bonds is 5. The average molecular weight is 349 g/mol. The van der Waals surface area contributed by atoms with Gasteiger partial charge in [0.05, 0.1) is 4.90 Å². The quantitative estimate of drug-likeness (QED) is 0.861. The fraction of sp³-hybridized carbons (Fsp3) is 0.294. The molecule has 0 unspecified atom stereocenters. The Kier molecular flexibility index (Phi) is 4.25. The highest BCUT2D eigenvalue weighted by molar-refractivity contribution is 7.89. The van der Waals surface area contributed by atoms with E-state index in [9.17, 15) is 13.5 Å². The molecule has 0 bridgehead atoms. The van der Waals surface area contributed by atoms with Crippen LogP contribution in [0.5, 0.6) is 11.5 Å². The van der Waals surface area contributed by atoms with Gasteiger partial charge in [-0.15, -0.1) is 0 Å². The minimum atomic E-state index is -3.70. The zero-order valence-electron chi connectivity index (χ0n) is 13.4. The third-order valence-electron chi connectivity index (χ3n) is 3.90. The lowest BCUT2D eigenvalue weighted by Crippen LogP contribution is -2.38. The van der Waals surface area contributed by atoms with Crippen LogP contribution in [0.15, 0.2) is 47.4 Å². The molecule has 0 aromatic heterocycles. The Balaban J connectivity index is 1.77. The van der Waals surface area contributed by atoms with Crippen molar-refractivity contribution < 1.29 is 23.0 Å². The van der Waals surface area contributed by atoms with Crippen molar-refractivity contribution in [1.82, 2.24) is 4.72 Å². The maximum atomic E-state index is 12.4. The van der Waals surface area contributed by atoms with Crippen LogP contribution in [0, 0.1) is 6.92 Å². The van der Waals surface area contributed by atoms with Crippen LogP contribution in [0.2, 0.25) is 0 Å². The second-order valence-corrected chi connectivity index (χ2v) is 7.75. The SMILES string of the molecule is Cc1cccc(S(=O)(=O)NC[C@@](C)(O)c2ccc3c(c2)OCO3)c1. The van der Waals surface area contributed by atoms with Crippen molar-refractivity contribution >= 4 is 10.0 Å². The summed E-state index contributed by atoms with van der Waals surface area (Å²) in [7, 11) is -3.70. The van der Waals surface area contributed by atoms with Crippen molar-refractivity contribution in [3.8, 4) is 11.5 Å². The van der Waals surface area contributed by atoms with Crippen LogP contribution >= 0.6 is 0 Å². The van der Waals surface area contributed by atoms with Crippen molar-refractivity contribution in [2.24, 2.45) is 0 Å². The minimum Gasteiger partial charge on any atom is -0.454 e. The zero-order valence-corrected chi connectivity index (χ0v) is 14.3. The Labute approximate surface area is 141 Å². The monoisotopic (exact) mass is 349 g/mol. The van der Waals surface area contributed by atoms with Gasteiger partial charge >= 0.3 is 0 Å². The van der Waals surface area contributed by atoms with E-state index in [0.29, 0.717) is 17.1 Å². The molecular formula is C17H19NO5S. The van der Waals surface area contributed by atoms with Crippen LogP contribution < -0.4 is 14.2 Å². The predicted molar refractivity (Wildman–Crippen MR) is 88.5 cm³/mol. The van der Waals surface area contributed by atoms with Gasteiger partial charge in [0.25, 0.3) is 0 Å². The Morgan fingerprint density at radius 2 is 1.92 bits per heavy atom. The van der Waals surface area contributed by atoms with Crippen LogP contribution in [0.3, 0.4) is 0 Å². The molecule has 1 aliphatic rings. The fourth-order valence-corrected chi connectivity index (χ4v) is 3.67. The normalized spacial score (nSPS) is 16.0. The van der Waals surface area contributed by atoms with E-state index < -0.39 is 15.6 Å². The number of aliphatic hydroxyl groups is 1. The molecule has 0 saturated heterocycles. The van der Waals surface area contributed by atoms with Gasteiger partial charge in [0.2, 0.25) is 16.8 Å². The molecule has 1 atom stereocenters. The number of aryl methyl sites for hydroxylation is 1. The van der Waals surface area contributed by atoms with Gasteiger partial charge in [0.1, 0.15) is 5.60 Å². The van der Waals surface area contributed by atoms with Crippen LogP contribution in [0.4, 0.5) is 0 Å². The van der Waals surface area contributed by atoms with Crippen molar-refractivity contribution in [2.45, 2.75) is 24.3 Å². The molecule has 1 aliphatic heterocycles. The minimum absolute atomic E-state index is 0.140. The van der Waals surface area contributed by atoms with Gasteiger partial charge in [0.15, 0.2) is 11.5 Å². The van der Waals surface area contributed by atoms with Gasteiger partial charge in [-0.2, -0.15) is 0 Å². The standard InChI is InChI=1S/C17H19NO5S/c1-12-4-3-5-14(8-12)24(20,21)18-10-17(2,19)13-6-7-15-16(9-13)23-11-22-15/h3-9,18-19H,10-11H2,1-2H3/t17-/m1/s1. The molecule has 24 heavy (non-hydrogen) atoms. The first kappa shape index (κ1) is 16.8. The smallest absolute Gasteiger partial charge is 0.240 e. The van der Waals surface area contributed by atoms with E-state index in [1.54, 1.807) is 37.3 Å². The summed E-state index contributed by atoms with van der Waals surface area (Å²) in [6, 6.07) is 11.6. The van der Waals surface area contributed by atoms with Gasteiger partial charge in [0, 0.05) is 6.54 Å². The molecule has 0 saturated carbocycles. The molecule has 0 aliphatic carbocycles. The number of hydrogen-bond donors (Lipinski definition) is 2. The summed E-state index contributed by atoms with van der Waals surface area (Å²) in [4.78, 5) is 0.170. The van der Waals surface area contributed by atoms with E-state index in [1.165, 1.54) is 6.07 Å². The average Bonchev–Trinajstić information content (AvgIpc) is 3.01. The van der Waals surface area contributed by atoms with Gasteiger partial charge in [-0.25, -0.2) is 13.1 Å². The molecule has 1 heterocycles. The maximum Gasteiger partial charge on any atom is 0.240 e. The lowest BCUT2D eigenvalue weighted by molar-refractivity contribution is 0.0625. The van der Waals surface area contributed by atoms with Gasteiger partial charge < -0.3 is 14.6 Å². The summed E-state index contributed by atoms with van der Waals surface area (Å²) in [5.41, 5.74) is -0.00294. The molecule has 2 aromatic carbocycles. The highest BCUT2D eigenvalue weighted by Gasteiger charge is 2.28. The third-order valence-corrected chi connectivity index (χ3v) is 5.30. The van der Waals surface area contributed by atoms with Crippen molar-refractivity contribution in [2.75, 3.05) is 13.3 Å². The number of sulfonamides is 1. The fourth-order valence-electron chi connectivity index (χ4n) is 2.43. The van der Waals surface area contributed by atoms with E-state index >= 15 is 0 Å². The largest absolute Gasteiger partial charge is 0.454 e. The molecule has 0 spiro atoms. The summed E-state index contributed by atoms with van der Waals surface area (Å²) in [6.45, 7) is 3.34. The van der Waals surface area contributed by atoms with Crippen molar-refractivity contribution in [3.63, 3.8) is 0 Å². The van der Waals surface area contributed by atoms with Crippen LogP contribution in [-0.4, -0.2) is 26.9 Å². The summed E-state index contributed by atoms with van der Waals surface area (Å²) >= 11 is 0. The first-order chi connectivity index (χ1) is 11.3. The van der Waals surface area contributed by atoms with Gasteiger partial charge in [-0.3, -0.25) is 0 Å². The van der Waals surface area contributed by atoms with E-state index in [-0.39, 0.29) is 18.2 Å². The third kappa shape index (κ3) is 3.38. The first-order valence-corrected chi connectivity index (χ1v) is 8.95. The molecule has 0 fully saturated rings. The lowest BCUT2D eigenvalue weighted by Gasteiger charge is -2.24. The molecule has 0 radical (unpaired) electrons. The van der Waals surface area contributed by atoms with Gasteiger partial charge in [-0.1, -0.05) is 18.2 Å². The van der Waals surface area contributed by atoms with E-state index in [0.717, 1.165) is 5.56 Å². The van der Waals surface area contributed by atoms with E-state index in [1.807, 2.05) is 13.0 Å². The van der Waals surface area contributed by atoms with Crippen LogP contribution in [0.1, 0.15) is 18.1 Å². The maximum absolute atomic E-state index is 12.4. The van der Waals surface area contributed by atoms with Crippen LogP contribution in [0.25, 0.3) is 0 Å². The number of benzene rings is 2. The molecule has 0 amide bonds. The Morgan fingerprint density at radius 3 is 2.67 bits per heavy atom. The summed E-state index contributed by atoms with van der Waals surface area (Å²) in [5, 5.41) is 10.7. The lowest BCUT2D eigenvalue weighted by atomic mass is 9.96. The summed E-state index contributed by atoms with van der Waals surface area (Å²) in [5.74, 6) is 1.14. The van der Waals surface area contributed by atoms with Crippen molar-refractivity contribution in [1.29, 1.82) is 0 Å². The van der Waals surface area contributed by atoms with Crippen molar-refractivity contribution in [3.05, 3.63) is 53.6 Å². The van der Waals surface area contributed by atoms with Gasteiger partial charge in [-0.05, 0) is 49.2 Å². The first-order valence-electron chi connectivity index (χ1n) is 7.47. The Hall–Kier alpha value is -2.09. The Bertz CT molecular complexity index is 861. The number of hydrogen-bond acceptors (Lipinski definition) is 5. The highest BCUT2D eigenvalue weighted by Crippen LogP contribution is 2.35. The molecule has 2 aromatic rings. The molecular weight excluding hydrogens is 330 g/mol. The predicted octanol–water partition coefficient (Wildman–Crippen LogP) is 1.91. The zero-order chi connectivity index (χ0) is 17.4.